The summed E-state index contributed by atoms with van der Waals surface area (Å²) in [6.45, 7) is 1.53. The van der Waals surface area contributed by atoms with E-state index in [0.717, 1.165) is 13.1 Å². The van der Waals surface area contributed by atoms with Crippen LogP contribution in [0.2, 0.25) is 0 Å². The third-order valence-electron chi connectivity index (χ3n) is 2.00. The van der Waals surface area contributed by atoms with E-state index in [1.54, 1.807) is 5.48 Å². The fourth-order valence-corrected chi connectivity index (χ4v) is 1.30. The molecule has 0 aliphatic carbocycles. The molecule has 16 heavy (non-hydrogen) atoms. The van der Waals surface area contributed by atoms with Crippen molar-refractivity contribution in [2.24, 2.45) is 0 Å². The van der Waals surface area contributed by atoms with Gasteiger partial charge in [0.2, 0.25) is 0 Å². The standard InChI is InChI=1S/C8H14F3N3O2/c9-8(10,11)6-16-13-7(15)5-14-3-1-12-2-4-14/h12H,1-6H2,(H,13,15). The zero-order valence-corrected chi connectivity index (χ0v) is 8.64. The minimum absolute atomic E-state index is 0.0551. The van der Waals surface area contributed by atoms with Crippen LogP contribution in [0.5, 0.6) is 0 Å². The highest BCUT2D eigenvalue weighted by molar-refractivity contribution is 5.76. The van der Waals surface area contributed by atoms with Crippen molar-refractivity contribution in [1.29, 1.82) is 0 Å². The zero-order chi connectivity index (χ0) is 12.0. The lowest BCUT2D eigenvalue weighted by atomic mass is 10.3. The fraction of sp³-hybridized carbons (Fsp3) is 0.875. The van der Waals surface area contributed by atoms with Crippen molar-refractivity contribution >= 4 is 5.91 Å². The van der Waals surface area contributed by atoms with Gasteiger partial charge in [-0.05, 0) is 0 Å². The number of nitrogens with one attached hydrogen (secondary N) is 2. The van der Waals surface area contributed by atoms with Gasteiger partial charge in [-0.15, -0.1) is 0 Å². The number of nitrogens with zero attached hydrogens (tertiary/aromatic N) is 1. The molecule has 0 bridgehead atoms. The van der Waals surface area contributed by atoms with Gasteiger partial charge in [0.1, 0.15) is 0 Å². The van der Waals surface area contributed by atoms with Crippen LogP contribution in [0.15, 0.2) is 0 Å². The fourth-order valence-electron chi connectivity index (χ4n) is 1.30. The van der Waals surface area contributed by atoms with E-state index in [4.69, 9.17) is 0 Å². The maximum Gasteiger partial charge on any atom is 0.414 e. The van der Waals surface area contributed by atoms with Crippen LogP contribution in [0, 0.1) is 0 Å². The number of carbonyl (C=O) groups excluding carboxylic acids is 1. The number of carbonyl (C=O) groups is 1. The smallest absolute Gasteiger partial charge is 0.314 e. The monoisotopic (exact) mass is 241 g/mol. The molecule has 1 heterocycles. The van der Waals surface area contributed by atoms with Crippen LogP contribution < -0.4 is 10.8 Å². The molecule has 0 radical (unpaired) electrons. The first kappa shape index (κ1) is 13.2. The average Bonchev–Trinajstić information content (AvgIpc) is 2.17. The van der Waals surface area contributed by atoms with Gasteiger partial charge in [-0.1, -0.05) is 0 Å². The SMILES string of the molecule is O=C(CN1CCNCC1)NOCC(F)(F)F. The van der Waals surface area contributed by atoms with Gasteiger partial charge in [-0.2, -0.15) is 13.2 Å². The lowest BCUT2D eigenvalue weighted by Gasteiger charge is -2.26. The molecule has 0 saturated carbocycles. The number of amides is 1. The first-order valence-electron chi connectivity index (χ1n) is 4.88. The zero-order valence-electron chi connectivity index (χ0n) is 8.64. The highest BCUT2D eigenvalue weighted by Crippen LogP contribution is 2.13. The van der Waals surface area contributed by atoms with Gasteiger partial charge in [0.05, 0.1) is 6.54 Å². The Morgan fingerprint density at radius 3 is 2.56 bits per heavy atom. The minimum Gasteiger partial charge on any atom is -0.314 e. The molecule has 0 atom stereocenters. The quantitative estimate of drug-likeness (QED) is 0.652. The van der Waals surface area contributed by atoms with E-state index in [1.807, 2.05) is 4.90 Å². The van der Waals surface area contributed by atoms with Crippen molar-refractivity contribution in [3.63, 3.8) is 0 Å². The van der Waals surface area contributed by atoms with Gasteiger partial charge in [0, 0.05) is 26.2 Å². The summed E-state index contributed by atoms with van der Waals surface area (Å²) in [5.74, 6) is -0.564. The van der Waals surface area contributed by atoms with Crippen molar-refractivity contribution in [3.8, 4) is 0 Å². The predicted octanol–water partition coefficient (Wildman–Crippen LogP) is -0.498. The Kier molecular flexibility index (Phi) is 4.97. The molecule has 1 saturated heterocycles. The van der Waals surface area contributed by atoms with Crippen molar-refractivity contribution in [2.45, 2.75) is 6.18 Å². The molecule has 1 aliphatic heterocycles. The second-order valence-corrected chi connectivity index (χ2v) is 3.46. The Balaban J connectivity index is 2.10. The molecule has 0 aromatic heterocycles. The second-order valence-electron chi connectivity index (χ2n) is 3.46. The Labute approximate surface area is 90.9 Å². The van der Waals surface area contributed by atoms with Crippen molar-refractivity contribution in [3.05, 3.63) is 0 Å². The van der Waals surface area contributed by atoms with E-state index in [1.165, 1.54) is 0 Å². The van der Waals surface area contributed by atoms with Gasteiger partial charge >= 0.3 is 6.18 Å². The maximum absolute atomic E-state index is 11.7. The Bertz CT molecular complexity index is 229. The van der Waals surface area contributed by atoms with E-state index in [2.05, 4.69) is 10.2 Å². The Hall–Kier alpha value is -0.860. The number of hydrogen-bond donors (Lipinski definition) is 2. The second kappa shape index (κ2) is 6.02. The summed E-state index contributed by atoms with van der Waals surface area (Å²) in [5, 5.41) is 3.10. The molecule has 0 aromatic rings. The van der Waals surface area contributed by atoms with Crippen LogP contribution in [0.4, 0.5) is 13.2 Å². The van der Waals surface area contributed by atoms with E-state index < -0.39 is 18.7 Å². The molecule has 0 aromatic carbocycles. The van der Waals surface area contributed by atoms with Crippen molar-refractivity contribution < 1.29 is 22.8 Å². The maximum atomic E-state index is 11.7. The number of piperazine rings is 1. The van der Waals surface area contributed by atoms with Crippen molar-refractivity contribution in [1.82, 2.24) is 15.7 Å². The van der Waals surface area contributed by atoms with Gasteiger partial charge in [0.15, 0.2) is 6.61 Å². The van der Waals surface area contributed by atoms with Gasteiger partial charge < -0.3 is 5.32 Å². The molecule has 5 nitrogen and oxygen atoms in total. The number of rotatable bonds is 4. The third-order valence-corrected chi connectivity index (χ3v) is 2.00. The van der Waals surface area contributed by atoms with Crippen LogP contribution in [0.25, 0.3) is 0 Å². The summed E-state index contributed by atoms with van der Waals surface area (Å²) in [7, 11) is 0. The molecule has 1 aliphatic rings. The number of hydrogen-bond acceptors (Lipinski definition) is 4. The van der Waals surface area contributed by atoms with E-state index in [-0.39, 0.29) is 6.54 Å². The summed E-state index contributed by atoms with van der Waals surface area (Å²) >= 11 is 0. The lowest BCUT2D eigenvalue weighted by Crippen LogP contribution is -2.47. The Morgan fingerprint density at radius 1 is 1.38 bits per heavy atom. The first-order valence-corrected chi connectivity index (χ1v) is 4.88. The largest absolute Gasteiger partial charge is 0.414 e. The van der Waals surface area contributed by atoms with Gasteiger partial charge in [0.25, 0.3) is 5.91 Å². The molecule has 1 amide bonds. The molecule has 8 heteroatoms. The molecule has 0 spiro atoms. The van der Waals surface area contributed by atoms with Crippen LogP contribution in [-0.2, 0) is 9.63 Å². The summed E-state index contributed by atoms with van der Waals surface area (Å²) < 4.78 is 35.0. The molecule has 0 unspecified atom stereocenters. The number of alkyl halides is 3. The molecule has 2 N–H and O–H groups in total. The lowest BCUT2D eigenvalue weighted by molar-refractivity contribution is -0.192. The van der Waals surface area contributed by atoms with E-state index >= 15 is 0 Å². The molecule has 1 fully saturated rings. The summed E-state index contributed by atoms with van der Waals surface area (Å²) in [4.78, 5) is 17.0. The molecular formula is C8H14F3N3O2. The highest BCUT2D eigenvalue weighted by Gasteiger charge is 2.28. The topological polar surface area (TPSA) is 53.6 Å². The predicted molar refractivity (Wildman–Crippen MR) is 49.5 cm³/mol. The summed E-state index contributed by atoms with van der Waals surface area (Å²) in [6, 6.07) is 0. The normalized spacial score (nSPS) is 18.4. The minimum atomic E-state index is -4.43. The highest BCUT2D eigenvalue weighted by atomic mass is 19.4. The average molecular weight is 241 g/mol. The van der Waals surface area contributed by atoms with Gasteiger partial charge in [-0.25, -0.2) is 5.48 Å². The van der Waals surface area contributed by atoms with Gasteiger partial charge in [-0.3, -0.25) is 14.5 Å². The third kappa shape index (κ3) is 5.89. The van der Waals surface area contributed by atoms with E-state index in [0.29, 0.717) is 13.1 Å². The van der Waals surface area contributed by atoms with Crippen LogP contribution >= 0.6 is 0 Å². The Morgan fingerprint density at radius 2 is 2.00 bits per heavy atom. The molecular weight excluding hydrogens is 227 g/mol. The number of halogens is 3. The van der Waals surface area contributed by atoms with E-state index in [9.17, 15) is 18.0 Å². The first-order chi connectivity index (χ1) is 7.47. The van der Waals surface area contributed by atoms with Crippen molar-refractivity contribution in [2.75, 3.05) is 39.3 Å². The van der Waals surface area contributed by atoms with Crippen LogP contribution in [-0.4, -0.2) is 56.3 Å². The summed E-state index contributed by atoms with van der Waals surface area (Å²) in [6.07, 6.45) is -4.43. The van der Waals surface area contributed by atoms with Crippen LogP contribution in [0.1, 0.15) is 0 Å². The molecule has 1 rings (SSSR count). The molecule has 94 valence electrons. The summed E-state index contributed by atoms with van der Waals surface area (Å²) in [5.41, 5.74) is 1.77. The number of hydroxylamine groups is 1. The van der Waals surface area contributed by atoms with Crippen LogP contribution in [0.3, 0.4) is 0 Å².